The van der Waals surface area contributed by atoms with Gasteiger partial charge in [0.05, 0.1) is 27.8 Å². The van der Waals surface area contributed by atoms with E-state index < -0.39 is 0 Å². The molecule has 11 rings (SSSR count). The van der Waals surface area contributed by atoms with Crippen molar-refractivity contribution in [1.29, 1.82) is 0 Å². The Bertz CT molecular complexity index is 3070. The third-order valence-electron chi connectivity index (χ3n) is 10.5. The van der Waals surface area contributed by atoms with Crippen molar-refractivity contribution in [2.45, 2.75) is 0 Å². The highest BCUT2D eigenvalue weighted by Gasteiger charge is 2.19. The van der Waals surface area contributed by atoms with Gasteiger partial charge >= 0.3 is 0 Å². The zero-order valence-corrected chi connectivity index (χ0v) is 28.4. The summed E-state index contributed by atoms with van der Waals surface area (Å²) in [5.41, 5.74) is 12.2. The van der Waals surface area contributed by atoms with Crippen LogP contribution >= 0.6 is 11.3 Å². The SMILES string of the molecule is c1ccc(-c2ccc(-c3ccc4sc5cccc(-n6c7ccccc7c7cc(-n8c9ccccc9c9ccccc98)ccc76)c5c4c3)cc2)cc1. The van der Waals surface area contributed by atoms with Crippen LogP contribution in [0.5, 0.6) is 0 Å². The number of aromatic nitrogens is 2. The Morgan fingerprint density at radius 3 is 1.57 bits per heavy atom. The average molecular weight is 667 g/mol. The van der Waals surface area contributed by atoms with Crippen LogP contribution in [0.2, 0.25) is 0 Å². The van der Waals surface area contributed by atoms with Gasteiger partial charge in [-0.05, 0) is 82.9 Å². The Labute approximate surface area is 298 Å². The minimum absolute atomic E-state index is 1.17. The van der Waals surface area contributed by atoms with Gasteiger partial charge in [-0.25, -0.2) is 0 Å². The Hall–Kier alpha value is -6.42. The molecule has 0 aliphatic carbocycles. The van der Waals surface area contributed by atoms with Gasteiger partial charge in [0.15, 0.2) is 0 Å². The highest BCUT2D eigenvalue weighted by Crippen LogP contribution is 2.43. The first-order valence-corrected chi connectivity index (χ1v) is 18.3. The summed E-state index contributed by atoms with van der Waals surface area (Å²) < 4.78 is 7.50. The first kappa shape index (κ1) is 28.4. The van der Waals surface area contributed by atoms with Crippen molar-refractivity contribution in [2.24, 2.45) is 0 Å². The van der Waals surface area contributed by atoms with Crippen LogP contribution in [-0.4, -0.2) is 9.13 Å². The Morgan fingerprint density at radius 2 is 0.863 bits per heavy atom. The minimum atomic E-state index is 1.17. The van der Waals surface area contributed by atoms with Gasteiger partial charge in [-0.1, -0.05) is 121 Å². The average Bonchev–Trinajstić information content (AvgIpc) is 3.85. The number of thiophene rings is 1. The maximum absolute atomic E-state index is 2.48. The molecule has 0 saturated heterocycles. The van der Waals surface area contributed by atoms with Crippen molar-refractivity contribution < 1.29 is 0 Å². The summed E-state index contributed by atoms with van der Waals surface area (Å²) in [7, 11) is 0. The van der Waals surface area contributed by atoms with E-state index in [-0.39, 0.29) is 0 Å². The van der Waals surface area contributed by atoms with Crippen LogP contribution in [-0.2, 0) is 0 Å². The van der Waals surface area contributed by atoms with Crippen LogP contribution in [0, 0.1) is 0 Å². The molecule has 8 aromatic carbocycles. The number of para-hydroxylation sites is 3. The van der Waals surface area contributed by atoms with Crippen molar-refractivity contribution in [3.63, 3.8) is 0 Å². The summed E-state index contributed by atoms with van der Waals surface area (Å²) in [6.07, 6.45) is 0. The minimum Gasteiger partial charge on any atom is -0.309 e. The highest BCUT2D eigenvalue weighted by molar-refractivity contribution is 7.25. The van der Waals surface area contributed by atoms with E-state index in [2.05, 4.69) is 191 Å². The van der Waals surface area contributed by atoms with Crippen LogP contribution in [0.25, 0.3) is 97.4 Å². The van der Waals surface area contributed by atoms with Gasteiger partial charge in [0.25, 0.3) is 0 Å². The van der Waals surface area contributed by atoms with E-state index in [1.54, 1.807) is 0 Å². The Morgan fingerprint density at radius 1 is 0.314 bits per heavy atom. The first-order chi connectivity index (χ1) is 25.3. The lowest BCUT2D eigenvalue weighted by atomic mass is 9.99. The fourth-order valence-corrected chi connectivity index (χ4v) is 9.33. The van der Waals surface area contributed by atoms with Crippen molar-refractivity contribution in [3.8, 4) is 33.6 Å². The molecule has 0 N–H and O–H groups in total. The second-order valence-corrected chi connectivity index (χ2v) is 14.4. The molecule has 0 aliphatic rings. The predicted molar refractivity (Wildman–Crippen MR) is 219 cm³/mol. The molecule has 238 valence electrons. The second kappa shape index (κ2) is 11.0. The largest absolute Gasteiger partial charge is 0.309 e. The molecule has 3 heterocycles. The summed E-state index contributed by atoms with van der Waals surface area (Å²) in [5.74, 6) is 0. The van der Waals surface area contributed by atoms with Crippen LogP contribution in [0.4, 0.5) is 0 Å². The standard InChI is InChI=1S/C48H30N2S/c1-2-11-31(12-3-1)32-21-23-33(24-22-32)34-25-28-46-40(29-34)48-45(19-10-20-47(48)51-46)50-43-18-9-6-15-38(43)39-30-35(26-27-44(39)50)49-41-16-7-4-13-36(41)37-14-5-8-17-42(37)49/h1-30H. The van der Waals surface area contributed by atoms with E-state index in [0.717, 1.165) is 0 Å². The fourth-order valence-electron chi connectivity index (χ4n) is 8.22. The highest BCUT2D eigenvalue weighted by atomic mass is 32.1. The first-order valence-electron chi connectivity index (χ1n) is 17.4. The van der Waals surface area contributed by atoms with Gasteiger partial charge in [0.1, 0.15) is 0 Å². The van der Waals surface area contributed by atoms with Crippen molar-refractivity contribution in [1.82, 2.24) is 9.13 Å². The van der Waals surface area contributed by atoms with Crippen LogP contribution < -0.4 is 0 Å². The van der Waals surface area contributed by atoms with E-state index in [1.165, 1.54) is 97.4 Å². The van der Waals surface area contributed by atoms with E-state index >= 15 is 0 Å². The lowest BCUT2D eigenvalue weighted by Crippen LogP contribution is -1.96. The van der Waals surface area contributed by atoms with E-state index in [9.17, 15) is 0 Å². The number of nitrogens with zero attached hydrogens (tertiary/aromatic N) is 2. The molecular weight excluding hydrogens is 637 g/mol. The van der Waals surface area contributed by atoms with E-state index in [4.69, 9.17) is 0 Å². The van der Waals surface area contributed by atoms with Gasteiger partial charge < -0.3 is 9.13 Å². The maximum Gasteiger partial charge on any atom is 0.0555 e. The number of hydrogen-bond acceptors (Lipinski definition) is 1. The predicted octanol–water partition coefficient (Wildman–Crippen LogP) is 13.6. The maximum atomic E-state index is 2.48. The molecule has 0 spiro atoms. The van der Waals surface area contributed by atoms with Gasteiger partial charge in [-0.2, -0.15) is 0 Å². The molecule has 3 aromatic heterocycles. The van der Waals surface area contributed by atoms with Crippen LogP contribution in [0.3, 0.4) is 0 Å². The van der Waals surface area contributed by atoms with E-state index in [1.807, 2.05) is 11.3 Å². The molecule has 0 fully saturated rings. The van der Waals surface area contributed by atoms with Crippen LogP contribution in [0.1, 0.15) is 0 Å². The molecule has 0 atom stereocenters. The third kappa shape index (κ3) is 4.29. The summed E-state index contributed by atoms with van der Waals surface area (Å²) in [6.45, 7) is 0. The molecule has 0 unspecified atom stereocenters. The van der Waals surface area contributed by atoms with E-state index in [0.29, 0.717) is 0 Å². The van der Waals surface area contributed by atoms with Gasteiger partial charge in [0.2, 0.25) is 0 Å². The van der Waals surface area contributed by atoms with Crippen LogP contribution in [0.15, 0.2) is 182 Å². The molecule has 0 amide bonds. The molecular formula is C48H30N2S. The van der Waals surface area contributed by atoms with Crippen molar-refractivity contribution in [2.75, 3.05) is 0 Å². The van der Waals surface area contributed by atoms with Gasteiger partial charge in [-0.3, -0.25) is 0 Å². The second-order valence-electron chi connectivity index (χ2n) is 13.3. The zero-order chi connectivity index (χ0) is 33.5. The summed E-state index contributed by atoms with van der Waals surface area (Å²) >= 11 is 1.87. The Balaban J connectivity index is 1.11. The normalized spacial score (nSPS) is 11.9. The van der Waals surface area contributed by atoms with Crippen molar-refractivity contribution >= 4 is 75.1 Å². The molecule has 0 aliphatic heterocycles. The van der Waals surface area contributed by atoms with Gasteiger partial charge in [-0.15, -0.1) is 11.3 Å². The number of rotatable bonds is 4. The number of benzene rings is 8. The Kier molecular flexibility index (Phi) is 6.16. The molecule has 51 heavy (non-hydrogen) atoms. The summed E-state index contributed by atoms with van der Waals surface area (Å²) in [4.78, 5) is 0. The molecule has 0 bridgehead atoms. The lowest BCUT2D eigenvalue weighted by Gasteiger charge is -2.12. The van der Waals surface area contributed by atoms with Crippen molar-refractivity contribution in [3.05, 3.63) is 182 Å². The third-order valence-corrected chi connectivity index (χ3v) is 11.7. The molecule has 3 heteroatoms. The fraction of sp³-hybridized carbons (Fsp3) is 0. The molecule has 11 aromatic rings. The monoisotopic (exact) mass is 666 g/mol. The quantitative estimate of drug-likeness (QED) is 0.177. The van der Waals surface area contributed by atoms with Gasteiger partial charge in [0, 0.05) is 47.4 Å². The lowest BCUT2D eigenvalue weighted by molar-refractivity contribution is 1.17. The smallest absolute Gasteiger partial charge is 0.0555 e. The topological polar surface area (TPSA) is 9.86 Å². The summed E-state index contributed by atoms with van der Waals surface area (Å²) in [5, 5.41) is 7.65. The molecule has 0 saturated carbocycles. The zero-order valence-electron chi connectivity index (χ0n) is 27.6. The molecule has 0 radical (unpaired) electrons. The summed E-state index contributed by atoms with van der Waals surface area (Å²) in [6, 6.07) is 66.6. The number of fused-ring (bicyclic) bond motifs is 9. The molecule has 2 nitrogen and oxygen atoms in total. The number of hydrogen-bond donors (Lipinski definition) is 0.